The minimum absolute atomic E-state index is 0.163. The predicted octanol–water partition coefficient (Wildman–Crippen LogP) is 1.37. The van der Waals surface area contributed by atoms with Crippen molar-refractivity contribution >= 4 is 0 Å². The van der Waals surface area contributed by atoms with Crippen LogP contribution in [0.5, 0.6) is 0 Å². The number of pyridine rings is 1. The average molecular weight is 229 g/mol. The standard InChI is InChI=1S/C12H11N3O2/c1-8-3-4-15(12(16)10(8)5-13)7-11-14-6-9(2)17-11/h3-4,6H,7H2,1-2H3. The van der Waals surface area contributed by atoms with Crippen LogP contribution in [0.3, 0.4) is 0 Å². The molecule has 5 heteroatoms. The Balaban J connectivity index is 2.41. The Bertz CT molecular complexity index is 647. The third kappa shape index (κ3) is 2.11. The van der Waals surface area contributed by atoms with Crippen LogP contribution in [0.15, 0.2) is 27.7 Å². The van der Waals surface area contributed by atoms with Crippen molar-refractivity contribution in [2.24, 2.45) is 0 Å². The molecule has 0 spiro atoms. The molecule has 0 amide bonds. The molecule has 2 aromatic heterocycles. The van der Waals surface area contributed by atoms with E-state index in [2.05, 4.69) is 4.98 Å². The van der Waals surface area contributed by atoms with Crippen molar-refractivity contribution in [3.05, 3.63) is 51.6 Å². The summed E-state index contributed by atoms with van der Waals surface area (Å²) < 4.78 is 6.71. The van der Waals surface area contributed by atoms with Gasteiger partial charge in [0.25, 0.3) is 5.56 Å². The molecule has 0 atom stereocenters. The molecule has 0 aliphatic heterocycles. The van der Waals surface area contributed by atoms with Crippen LogP contribution in [-0.2, 0) is 6.54 Å². The lowest BCUT2D eigenvalue weighted by Gasteiger charge is -2.04. The number of aryl methyl sites for hydroxylation is 2. The maximum atomic E-state index is 11.9. The molecule has 0 aliphatic rings. The van der Waals surface area contributed by atoms with Crippen LogP contribution < -0.4 is 5.56 Å². The van der Waals surface area contributed by atoms with E-state index >= 15 is 0 Å². The molecule has 0 bridgehead atoms. The molecule has 86 valence electrons. The molecule has 0 N–H and O–H groups in total. The summed E-state index contributed by atoms with van der Waals surface area (Å²) in [7, 11) is 0. The molecule has 0 unspecified atom stereocenters. The highest BCUT2D eigenvalue weighted by Crippen LogP contribution is 2.05. The van der Waals surface area contributed by atoms with Gasteiger partial charge in [-0.05, 0) is 25.5 Å². The van der Waals surface area contributed by atoms with Gasteiger partial charge in [0.1, 0.15) is 23.9 Å². The van der Waals surface area contributed by atoms with E-state index in [1.807, 2.05) is 6.07 Å². The molecule has 0 aliphatic carbocycles. The van der Waals surface area contributed by atoms with E-state index < -0.39 is 0 Å². The van der Waals surface area contributed by atoms with Crippen molar-refractivity contribution < 1.29 is 4.42 Å². The third-order valence-electron chi connectivity index (χ3n) is 2.46. The van der Waals surface area contributed by atoms with E-state index in [4.69, 9.17) is 9.68 Å². The zero-order valence-corrected chi connectivity index (χ0v) is 9.60. The molecule has 2 heterocycles. The van der Waals surface area contributed by atoms with Crippen LogP contribution in [0.4, 0.5) is 0 Å². The SMILES string of the molecule is Cc1cnc(Cn2ccc(C)c(C#N)c2=O)o1. The summed E-state index contributed by atoms with van der Waals surface area (Å²) >= 11 is 0. The smallest absolute Gasteiger partial charge is 0.269 e. The molecule has 2 aromatic rings. The molecule has 0 radical (unpaired) electrons. The molecule has 17 heavy (non-hydrogen) atoms. The summed E-state index contributed by atoms with van der Waals surface area (Å²) in [6.07, 6.45) is 3.23. The quantitative estimate of drug-likeness (QED) is 0.779. The van der Waals surface area contributed by atoms with E-state index in [0.29, 0.717) is 17.2 Å². The lowest BCUT2D eigenvalue weighted by molar-refractivity contribution is 0.454. The van der Waals surface area contributed by atoms with Gasteiger partial charge in [0.05, 0.1) is 6.20 Å². The minimum atomic E-state index is -0.316. The summed E-state index contributed by atoms with van der Waals surface area (Å²) in [5.41, 5.74) is 0.525. The first-order valence-corrected chi connectivity index (χ1v) is 5.13. The second-order valence-electron chi connectivity index (χ2n) is 3.78. The predicted molar refractivity (Wildman–Crippen MR) is 60.5 cm³/mol. The van der Waals surface area contributed by atoms with E-state index in [-0.39, 0.29) is 17.7 Å². The lowest BCUT2D eigenvalue weighted by atomic mass is 10.2. The van der Waals surface area contributed by atoms with E-state index in [0.717, 1.165) is 0 Å². The molecule has 0 saturated heterocycles. The van der Waals surface area contributed by atoms with Crippen molar-refractivity contribution in [2.75, 3.05) is 0 Å². The molecule has 0 saturated carbocycles. The van der Waals surface area contributed by atoms with Crippen LogP contribution in [0.1, 0.15) is 22.8 Å². The molecular formula is C12H11N3O2. The van der Waals surface area contributed by atoms with Crippen molar-refractivity contribution in [1.29, 1.82) is 5.26 Å². The number of nitrogens with zero attached hydrogens (tertiary/aromatic N) is 3. The zero-order chi connectivity index (χ0) is 12.4. The molecule has 0 aromatic carbocycles. The molecule has 2 rings (SSSR count). The first-order valence-electron chi connectivity index (χ1n) is 5.13. The molecule has 0 fully saturated rings. The minimum Gasteiger partial charge on any atom is -0.444 e. The summed E-state index contributed by atoms with van der Waals surface area (Å²) in [5, 5.41) is 8.89. The highest BCUT2D eigenvalue weighted by Gasteiger charge is 2.08. The number of hydrogen-bond donors (Lipinski definition) is 0. The maximum Gasteiger partial charge on any atom is 0.269 e. The van der Waals surface area contributed by atoms with Gasteiger partial charge in [-0.25, -0.2) is 4.98 Å². The van der Waals surface area contributed by atoms with Gasteiger partial charge in [-0.3, -0.25) is 4.79 Å². The highest BCUT2D eigenvalue weighted by molar-refractivity contribution is 5.34. The highest BCUT2D eigenvalue weighted by atomic mass is 16.4. The summed E-state index contributed by atoms with van der Waals surface area (Å²) in [5.74, 6) is 1.15. The van der Waals surface area contributed by atoms with Crippen LogP contribution in [-0.4, -0.2) is 9.55 Å². The Morgan fingerprint density at radius 1 is 1.53 bits per heavy atom. The third-order valence-corrected chi connectivity index (χ3v) is 2.46. The van der Waals surface area contributed by atoms with Gasteiger partial charge in [-0.15, -0.1) is 0 Å². The van der Waals surface area contributed by atoms with Gasteiger partial charge in [0, 0.05) is 6.20 Å². The number of hydrogen-bond acceptors (Lipinski definition) is 4. The monoisotopic (exact) mass is 229 g/mol. The number of rotatable bonds is 2. The lowest BCUT2D eigenvalue weighted by Crippen LogP contribution is -2.23. The normalized spacial score (nSPS) is 10.2. The summed E-state index contributed by atoms with van der Waals surface area (Å²) in [4.78, 5) is 15.9. The van der Waals surface area contributed by atoms with Gasteiger partial charge < -0.3 is 8.98 Å². The van der Waals surface area contributed by atoms with Crippen molar-refractivity contribution in [1.82, 2.24) is 9.55 Å². The second kappa shape index (κ2) is 4.26. The number of aromatic nitrogens is 2. The van der Waals surface area contributed by atoms with Crippen LogP contribution >= 0.6 is 0 Å². The average Bonchev–Trinajstić information content (AvgIpc) is 2.69. The summed E-state index contributed by atoms with van der Waals surface area (Å²) in [6.45, 7) is 3.76. The van der Waals surface area contributed by atoms with Crippen molar-refractivity contribution in [3.8, 4) is 6.07 Å². The first kappa shape index (κ1) is 11.1. The Morgan fingerprint density at radius 3 is 2.88 bits per heavy atom. The number of oxazole rings is 1. The van der Waals surface area contributed by atoms with Gasteiger partial charge in [0.2, 0.25) is 5.89 Å². The molecular weight excluding hydrogens is 218 g/mol. The maximum absolute atomic E-state index is 11.9. The first-order chi connectivity index (χ1) is 8.11. The van der Waals surface area contributed by atoms with E-state index in [1.165, 1.54) is 4.57 Å². The van der Waals surface area contributed by atoms with E-state index in [9.17, 15) is 4.79 Å². The van der Waals surface area contributed by atoms with Crippen LogP contribution in [0, 0.1) is 25.2 Å². The van der Waals surface area contributed by atoms with Crippen LogP contribution in [0.2, 0.25) is 0 Å². The fraction of sp³-hybridized carbons (Fsp3) is 0.250. The largest absolute Gasteiger partial charge is 0.444 e. The van der Waals surface area contributed by atoms with Gasteiger partial charge >= 0.3 is 0 Å². The Kier molecular flexibility index (Phi) is 2.79. The van der Waals surface area contributed by atoms with Gasteiger partial charge in [-0.2, -0.15) is 5.26 Å². The zero-order valence-electron chi connectivity index (χ0n) is 9.60. The fourth-order valence-corrected chi connectivity index (χ4v) is 1.55. The second-order valence-corrected chi connectivity index (χ2v) is 3.78. The van der Waals surface area contributed by atoms with Gasteiger partial charge in [0.15, 0.2) is 0 Å². The van der Waals surface area contributed by atoms with Gasteiger partial charge in [-0.1, -0.05) is 0 Å². The van der Waals surface area contributed by atoms with Crippen molar-refractivity contribution in [3.63, 3.8) is 0 Å². The number of nitriles is 1. The van der Waals surface area contributed by atoms with Crippen molar-refractivity contribution in [2.45, 2.75) is 20.4 Å². The Hall–Kier alpha value is -2.35. The van der Waals surface area contributed by atoms with Crippen LogP contribution in [0.25, 0.3) is 0 Å². The topological polar surface area (TPSA) is 71.8 Å². The summed E-state index contributed by atoms with van der Waals surface area (Å²) in [6, 6.07) is 3.64. The Morgan fingerprint density at radius 2 is 2.29 bits per heavy atom. The molecule has 5 nitrogen and oxygen atoms in total. The fourth-order valence-electron chi connectivity index (χ4n) is 1.55. The van der Waals surface area contributed by atoms with E-state index in [1.54, 1.807) is 32.3 Å². The Labute approximate surface area is 97.9 Å².